The van der Waals surface area contributed by atoms with Crippen LogP contribution in [0.3, 0.4) is 0 Å². The van der Waals surface area contributed by atoms with Crippen molar-refractivity contribution in [3.05, 3.63) is 71.2 Å². The quantitative estimate of drug-likeness (QED) is 0.339. The highest BCUT2D eigenvalue weighted by Gasteiger charge is 2.23. The molecule has 0 amide bonds. The first-order valence-electron chi connectivity index (χ1n) is 9.41. The maximum atomic E-state index is 13.1. The van der Waals surface area contributed by atoms with E-state index in [4.69, 9.17) is 4.74 Å². The summed E-state index contributed by atoms with van der Waals surface area (Å²) >= 11 is 1.34. The topological polar surface area (TPSA) is 83.7 Å². The van der Waals surface area contributed by atoms with Crippen molar-refractivity contribution in [1.29, 1.82) is 0 Å². The van der Waals surface area contributed by atoms with Crippen LogP contribution in [0.5, 0.6) is 5.75 Å². The highest BCUT2D eigenvalue weighted by Crippen LogP contribution is 2.28. The van der Waals surface area contributed by atoms with Crippen molar-refractivity contribution in [2.45, 2.75) is 37.8 Å². The molecule has 6 nitrogen and oxygen atoms in total. The van der Waals surface area contributed by atoms with E-state index < -0.39 is 0 Å². The number of rotatable bonds is 7. The van der Waals surface area contributed by atoms with E-state index in [1.54, 1.807) is 0 Å². The second-order valence-corrected chi connectivity index (χ2v) is 8.22. The SMILES string of the molecule is Cc1ccccc1OCc1nc(S[C@H](C)C(=O)c2c(C)[nH]c3ccccc23)n[nH]1. The number of aromatic nitrogens is 4. The Morgan fingerprint density at radius 3 is 2.72 bits per heavy atom. The van der Waals surface area contributed by atoms with E-state index in [0.29, 0.717) is 17.6 Å². The standard InChI is InChI=1S/C22H22N4O2S/c1-13-8-4-7-11-18(13)28-12-19-24-22(26-25-19)29-15(3)21(27)20-14(2)23-17-10-6-5-9-16(17)20/h4-11,15,23H,12H2,1-3H3,(H,24,25,26)/t15-/m1/s1. The van der Waals surface area contributed by atoms with Gasteiger partial charge in [-0.15, -0.1) is 5.10 Å². The lowest BCUT2D eigenvalue weighted by Crippen LogP contribution is -2.14. The van der Waals surface area contributed by atoms with Gasteiger partial charge in [-0.1, -0.05) is 48.2 Å². The fraction of sp³-hybridized carbons (Fsp3) is 0.227. The third kappa shape index (κ3) is 4.05. The first-order valence-corrected chi connectivity index (χ1v) is 10.3. The van der Waals surface area contributed by atoms with Crippen LogP contribution in [0, 0.1) is 13.8 Å². The fourth-order valence-corrected chi connectivity index (χ4v) is 4.07. The lowest BCUT2D eigenvalue weighted by Gasteiger charge is -2.08. The zero-order chi connectivity index (χ0) is 20.4. The van der Waals surface area contributed by atoms with Crippen LogP contribution >= 0.6 is 11.8 Å². The molecule has 0 radical (unpaired) electrons. The number of ether oxygens (including phenoxy) is 1. The van der Waals surface area contributed by atoms with Crippen LogP contribution in [-0.2, 0) is 6.61 Å². The van der Waals surface area contributed by atoms with Crippen molar-refractivity contribution < 1.29 is 9.53 Å². The minimum atomic E-state index is -0.311. The Hall–Kier alpha value is -3.06. The molecule has 2 heterocycles. The third-order valence-electron chi connectivity index (χ3n) is 4.76. The number of ketones is 1. The van der Waals surface area contributed by atoms with E-state index in [1.165, 1.54) is 11.8 Å². The smallest absolute Gasteiger partial charge is 0.209 e. The molecular weight excluding hydrogens is 384 g/mol. The molecule has 2 aromatic heterocycles. The molecule has 4 aromatic rings. The van der Waals surface area contributed by atoms with Crippen LogP contribution in [0.15, 0.2) is 53.7 Å². The largest absolute Gasteiger partial charge is 0.485 e. The van der Waals surface area contributed by atoms with Gasteiger partial charge in [0.2, 0.25) is 5.16 Å². The first-order chi connectivity index (χ1) is 14.0. The van der Waals surface area contributed by atoms with Crippen LogP contribution < -0.4 is 4.74 Å². The molecule has 2 N–H and O–H groups in total. The molecule has 1 atom stereocenters. The minimum Gasteiger partial charge on any atom is -0.485 e. The lowest BCUT2D eigenvalue weighted by molar-refractivity contribution is 0.0995. The van der Waals surface area contributed by atoms with Gasteiger partial charge in [0.1, 0.15) is 12.4 Å². The summed E-state index contributed by atoms with van der Waals surface area (Å²) < 4.78 is 5.80. The van der Waals surface area contributed by atoms with Crippen molar-refractivity contribution in [3.63, 3.8) is 0 Å². The monoisotopic (exact) mass is 406 g/mol. The number of carbonyl (C=O) groups is 1. The summed E-state index contributed by atoms with van der Waals surface area (Å²) in [5.74, 6) is 1.50. The van der Waals surface area contributed by atoms with Gasteiger partial charge in [-0.3, -0.25) is 9.89 Å². The number of carbonyl (C=O) groups excluding carboxylic acids is 1. The van der Waals surface area contributed by atoms with Crippen LogP contribution in [0.4, 0.5) is 0 Å². The molecule has 0 aliphatic heterocycles. The van der Waals surface area contributed by atoms with E-state index in [1.807, 2.05) is 69.3 Å². The molecule has 0 aliphatic carbocycles. The number of nitrogens with zero attached hydrogens (tertiary/aromatic N) is 2. The van der Waals surface area contributed by atoms with Gasteiger partial charge in [0.05, 0.1) is 5.25 Å². The molecule has 0 saturated carbocycles. The van der Waals surface area contributed by atoms with Gasteiger partial charge in [0, 0.05) is 22.2 Å². The van der Waals surface area contributed by atoms with Crippen LogP contribution in [0.2, 0.25) is 0 Å². The number of Topliss-reactive ketones (excluding diaryl/α,β-unsaturated/α-hetero) is 1. The van der Waals surface area contributed by atoms with Gasteiger partial charge >= 0.3 is 0 Å². The van der Waals surface area contributed by atoms with Crippen molar-refractivity contribution in [1.82, 2.24) is 20.2 Å². The maximum absolute atomic E-state index is 13.1. The van der Waals surface area contributed by atoms with Crippen molar-refractivity contribution in [3.8, 4) is 5.75 Å². The molecule has 0 bridgehead atoms. The highest BCUT2D eigenvalue weighted by atomic mass is 32.2. The zero-order valence-electron chi connectivity index (χ0n) is 16.5. The number of H-pyrrole nitrogens is 2. The van der Waals surface area contributed by atoms with Gasteiger partial charge in [0.25, 0.3) is 0 Å². The number of hydrogen-bond donors (Lipinski definition) is 2. The summed E-state index contributed by atoms with van der Waals surface area (Å²) in [6.45, 7) is 6.10. The molecule has 148 valence electrons. The van der Waals surface area contributed by atoms with Crippen molar-refractivity contribution >= 4 is 28.4 Å². The normalized spacial score (nSPS) is 12.2. The molecule has 0 spiro atoms. The van der Waals surface area contributed by atoms with Crippen LogP contribution in [-0.4, -0.2) is 31.2 Å². The first kappa shape index (κ1) is 19.3. The Bertz CT molecular complexity index is 1160. The lowest BCUT2D eigenvalue weighted by atomic mass is 10.1. The van der Waals surface area contributed by atoms with E-state index in [2.05, 4.69) is 20.2 Å². The number of aryl methyl sites for hydroxylation is 2. The van der Waals surface area contributed by atoms with Crippen LogP contribution in [0.1, 0.15) is 34.4 Å². The summed E-state index contributed by atoms with van der Waals surface area (Å²) in [4.78, 5) is 20.8. The summed E-state index contributed by atoms with van der Waals surface area (Å²) in [7, 11) is 0. The maximum Gasteiger partial charge on any atom is 0.209 e. The van der Waals surface area contributed by atoms with E-state index in [-0.39, 0.29) is 11.0 Å². The third-order valence-corrected chi connectivity index (χ3v) is 5.72. The molecule has 4 rings (SSSR count). The predicted molar refractivity (Wildman–Crippen MR) is 115 cm³/mol. The van der Waals surface area contributed by atoms with Gasteiger partial charge in [-0.05, 0) is 38.5 Å². The second kappa shape index (κ2) is 8.13. The van der Waals surface area contributed by atoms with E-state index >= 15 is 0 Å². The number of thioether (sulfide) groups is 1. The number of hydrogen-bond acceptors (Lipinski definition) is 5. The summed E-state index contributed by atoms with van der Waals surface area (Å²) in [6, 6.07) is 15.7. The van der Waals surface area contributed by atoms with Gasteiger partial charge < -0.3 is 9.72 Å². The Labute approximate surface area is 173 Å². The minimum absolute atomic E-state index is 0.0625. The van der Waals surface area contributed by atoms with E-state index in [9.17, 15) is 4.79 Å². The Morgan fingerprint density at radius 2 is 1.90 bits per heavy atom. The molecule has 0 aliphatic rings. The molecule has 29 heavy (non-hydrogen) atoms. The van der Waals surface area contributed by atoms with Gasteiger partial charge in [-0.2, -0.15) is 0 Å². The number of fused-ring (bicyclic) bond motifs is 1. The van der Waals surface area contributed by atoms with E-state index in [0.717, 1.165) is 33.5 Å². The summed E-state index contributed by atoms with van der Waals surface area (Å²) in [5.41, 5.74) is 3.65. The highest BCUT2D eigenvalue weighted by molar-refractivity contribution is 8.00. The molecule has 7 heteroatoms. The Morgan fingerprint density at radius 1 is 1.14 bits per heavy atom. The second-order valence-electron chi connectivity index (χ2n) is 6.91. The molecule has 0 fully saturated rings. The molecule has 0 saturated heterocycles. The Balaban J connectivity index is 1.43. The zero-order valence-corrected chi connectivity index (χ0v) is 17.3. The number of aromatic amines is 2. The molecular formula is C22H22N4O2S. The summed E-state index contributed by atoms with van der Waals surface area (Å²) in [5, 5.41) is 8.29. The predicted octanol–water partition coefficient (Wildman–Crippen LogP) is 4.85. The Kier molecular flexibility index (Phi) is 5.40. The average molecular weight is 407 g/mol. The fourth-order valence-electron chi connectivity index (χ4n) is 3.27. The average Bonchev–Trinajstić information content (AvgIpc) is 3.29. The van der Waals surface area contributed by atoms with Crippen LogP contribution in [0.25, 0.3) is 10.9 Å². The number of benzene rings is 2. The van der Waals surface area contributed by atoms with Crippen molar-refractivity contribution in [2.75, 3.05) is 0 Å². The number of para-hydroxylation sites is 2. The molecule has 2 aromatic carbocycles. The number of nitrogens with one attached hydrogen (secondary N) is 2. The van der Waals surface area contributed by atoms with Gasteiger partial charge in [-0.25, -0.2) is 4.98 Å². The molecule has 0 unspecified atom stereocenters. The van der Waals surface area contributed by atoms with Gasteiger partial charge in [0.15, 0.2) is 11.6 Å². The van der Waals surface area contributed by atoms with Crippen molar-refractivity contribution in [2.24, 2.45) is 0 Å². The summed E-state index contributed by atoms with van der Waals surface area (Å²) in [6.07, 6.45) is 0.